The first kappa shape index (κ1) is 11.3. The molecule has 1 N–H and O–H groups in total. The standard InChI is InChI=1S/C12H20N4/c1-2-16-12(14-10-15-16)9-13-8-11-6-4-3-5-7-11/h3-4,10-11,13H,2,5-9H2,1H3. The van der Waals surface area contributed by atoms with Gasteiger partial charge in [0.25, 0.3) is 0 Å². The molecule has 88 valence electrons. The highest BCUT2D eigenvalue weighted by Gasteiger charge is 2.09. The highest BCUT2D eigenvalue weighted by atomic mass is 15.3. The van der Waals surface area contributed by atoms with Gasteiger partial charge in [0.15, 0.2) is 0 Å². The Kier molecular flexibility index (Phi) is 4.10. The number of aryl methyl sites for hydroxylation is 1. The molecule has 0 aromatic carbocycles. The van der Waals surface area contributed by atoms with Gasteiger partial charge in [-0.15, -0.1) is 0 Å². The van der Waals surface area contributed by atoms with Crippen LogP contribution in [0.15, 0.2) is 18.5 Å². The Balaban J connectivity index is 1.73. The second kappa shape index (κ2) is 5.80. The average molecular weight is 220 g/mol. The first-order valence-electron chi connectivity index (χ1n) is 6.12. The Hall–Kier alpha value is -1.16. The van der Waals surface area contributed by atoms with E-state index < -0.39 is 0 Å². The van der Waals surface area contributed by atoms with Crippen LogP contribution in [0.3, 0.4) is 0 Å². The van der Waals surface area contributed by atoms with E-state index >= 15 is 0 Å². The summed E-state index contributed by atoms with van der Waals surface area (Å²) < 4.78 is 1.94. The Bertz CT molecular complexity index is 343. The summed E-state index contributed by atoms with van der Waals surface area (Å²) in [5.41, 5.74) is 0. The fourth-order valence-corrected chi connectivity index (χ4v) is 2.12. The molecule has 0 saturated carbocycles. The van der Waals surface area contributed by atoms with Gasteiger partial charge in [-0.25, -0.2) is 9.67 Å². The fraction of sp³-hybridized carbons (Fsp3) is 0.667. The molecule has 0 saturated heterocycles. The van der Waals surface area contributed by atoms with Crippen molar-refractivity contribution in [3.05, 3.63) is 24.3 Å². The summed E-state index contributed by atoms with van der Waals surface area (Å²) in [6.07, 6.45) is 9.97. The molecule has 1 aliphatic carbocycles. The monoisotopic (exact) mass is 220 g/mol. The van der Waals surface area contributed by atoms with Crippen LogP contribution in [0, 0.1) is 5.92 Å². The zero-order valence-corrected chi connectivity index (χ0v) is 9.89. The van der Waals surface area contributed by atoms with Crippen molar-refractivity contribution in [2.24, 2.45) is 5.92 Å². The molecule has 2 rings (SSSR count). The van der Waals surface area contributed by atoms with Crippen molar-refractivity contribution >= 4 is 0 Å². The molecule has 0 bridgehead atoms. The van der Waals surface area contributed by atoms with Crippen LogP contribution in [0.1, 0.15) is 32.0 Å². The van der Waals surface area contributed by atoms with Crippen molar-refractivity contribution in [1.29, 1.82) is 0 Å². The predicted molar refractivity (Wildman–Crippen MR) is 63.9 cm³/mol. The van der Waals surface area contributed by atoms with Gasteiger partial charge in [-0.3, -0.25) is 0 Å². The van der Waals surface area contributed by atoms with E-state index in [2.05, 4.69) is 34.5 Å². The lowest BCUT2D eigenvalue weighted by Gasteiger charge is -2.17. The van der Waals surface area contributed by atoms with Crippen molar-refractivity contribution in [2.45, 2.75) is 39.3 Å². The molecule has 1 atom stereocenters. The Morgan fingerprint density at radius 2 is 2.44 bits per heavy atom. The highest BCUT2D eigenvalue weighted by Crippen LogP contribution is 2.16. The second-order valence-corrected chi connectivity index (χ2v) is 4.27. The largest absolute Gasteiger partial charge is 0.310 e. The molecule has 1 aromatic heterocycles. The van der Waals surface area contributed by atoms with Crippen LogP contribution in [0.5, 0.6) is 0 Å². The van der Waals surface area contributed by atoms with Crippen LogP contribution in [0.2, 0.25) is 0 Å². The molecule has 0 radical (unpaired) electrons. The molecule has 16 heavy (non-hydrogen) atoms. The van der Waals surface area contributed by atoms with Gasteiger partial charge in [-0.2, -0.15) is 5.10 Å². The third-order valence-corrected chi connectivity index (χ3v) is 3.09. The molecule has 0 fully saturated rings. The minimum Gasteiger partial charge on any atom is -0.310 e. The van der Waals surface area contributed by atoms with Gasteiger partial charge >= 0.3 is 0 Å². The van der Waals surface area contributed by atoms with Gasteiger partial charge in [0, 0.05) is 6.54 Å². The maximum Gasteiger partial charge on any atom is 0.140 e. The smallest absolute Gasteiger partial charge is 0.140 e. The van der Waals surface area contributed by atoms with Crippen LogP contribution >= 0.6 is 0 Å². The number of hydrogen-bond donors (Lipinski definition) is 1. The van der Waals surface area contributed by atoms with Crippen molar-refractivity contribution < 1.29 is 0 Å². The summed E-state index contributed by atoms with van der Waals surface area (Å²) in [5, 5.41) is 7.63. The third-order valence-electron chi connectivity index (χ3n) is 3.09. The second-order valence-electron chi connectivity index (χ2n) is 4.27. The quantitative estimate of drug-likeness (QED) is 0.769. The van der Waals surface area contributed by atoms with Gasteiger partial charge in [0.2, 0.25) is 0 Å². The fourth-order valence-electron chi connectivity index (χ4n) is 2.12. The zero-order valence-electron chi connectivity index (χ0n) is 9.89. The summed E-state index contributed by atoms with van der Waals surface area (Å²) in [5.74, 6) is 1.83. The van der Waals surface area contributed by atoms with Crippen molar-refractivity contribution in [2.75, 3.05) is 6.54 Å². The van der Waals surface area contributed by atoms with E-state index in [0.29, 0.717) is 0 Å². The van der Waals surface area contributed by atoms with Crippen molar-refractivity contribution in [3.63, 3.8) is 0 Å². The lowest BCUT2D eigenvalue weighted by molar-refractivity contribution is 0.432. The lowest BCUT2D eigenvalue weighted by atomic mass is 9.94. The van der Waals surface area contributed by atoms with Crippen LogP contribution < -0.4 is 5.32 Å². The number of nitrogens with one attached hydrogen (secondary N) is 1. The van der Waals surface area contributed by atoms with Gasteiger partial charge in [-0.05, 0) is 38.6 Å². The van der Waals surface area contributed by atoms with Crippen LogP contribution in [0.25, 0.3) is 0 Å². The van der Waals surface area contributed by atoms with Gasteiger partial charge in [0.1, 0.15) is 12.2 Å². The van der Waals surface area contributed by atoms with Gasteiger partial charge < -0.3 is 5.32 Å². The van der Waals surface area contributed by atoms with Crippen molar-refractivity contribution in [1.82, 2.24) is 20.1 Å². The maximum absolute atomic E-state index is 4.25. The molecule has 0 aliphatic heterocycles. The predicted octanol–water partition coefficient (Wildman–Crippen LogP) is 1.74. The average Bonchev–Trinajstić information content (AvgIpc) is 2.78. The lowest BCUT2D eigenvalue weighted by Crippen LogP contribution is -2.24. The summed E-state index contributed by atoms with van der Waals surface area (Å²) in [4.78, 5) is 4.25. The Morgan fingerprint density at radius 3 is 3.19 bits per heavy atom. The first-order chi connectivity index (χ1) is 7.90. The normalized spacial score (nSPS) is 20.2. The highest BCUT2D eigenvalue weighted by molar-refractivity contribution is 4.91. The minimum atomic E-state index is 0.794. The molecule has 0 spiro atoms. The zero-order chi connectivity index (χ0) is 11.2. The molecule has 1 unspecified atom stereocenters. The van der Waals surface area contributed by atoms with Crippen LogP contribution in [-0.2, 0) is 13.1 Å². The van der Waals surface area contributed by atoms with E-state index in [1.54, 1.807) is 6.33 Å². The van der Waals surface area contributed by atoms with E-state index in [0.717, 1.165) is 31.4 Å². The summed E-state index contributed by atoms with van der Waals surface area (Å²) in [7, 11) is 0. The Morgan fingerprint density at radius 1 is 1.50 bits per heavy atom. The van der Waals surface area contributed by atoms with E-state index in [1.165, 1.54) is 19.3 Å². The summed E-state index contributed by atoms with van der Waals surface area (Å²) >= 11 is 0. The van der Waals surface area contributed by atoms with Crippen molar-refractivity contribution in [3.8, 4) is 0 Å². The molecule has 1 aromatic rings. The topological polar surface area (TPSA) is 42.7 Å². The molecular weight excluding hydrogens is 200 g/mol. The SMILES string of the molecule is CCn1ncnc1CNCC1CC=CCC1. The Labute approximate surface area is 96.8 Å². The first-order valence-corrected chi connectivity index (χ1v) is 6.12. The third kappa shape index (κ3) is 2.92. The van der Waals surface area contributed by atoms with Crippen LogP contribution in [0.4, 0.5) is 0 Å². The summed E-state index contributed by atoms with van der Waals surface area (Å²) in [6, 6.07) is 0. The van der Waals surface area contributed by atoms with E-state index in [9.17, 15) is 0 Å². The van der Waals surface area contributed by atoms with E-state index in [1.807, 2.05) is 4.68 Å². The molecule has 1 heterocycles. The van der Waals surface area contributed by atoms with E-state index in [-0.39, 0.29) is 0 Å². The number of rotatable bonds is 5. The number of aromatic nitrogens is 3. The number of nitrogens with zero attached hydrogens (tertiary/aromatic N) is 3. The number of hydrogen-bond acceptors (Lipinski definition) is 3. The molecular formula is C12H20N4. The molecule has 1 aliphatic rings. The summed E-state index contributed by atoms with van der Waals surface area (Å²) in [6.45, 7) is 4.89. The minimum absolute atomic E-state index is 0.794. The maximum atomic E-state index is 4.25. The van der Waals surface area contributed by atoms with Crippen LogP contribution in [-0.4, -0.2) is 21.3 Å². The van der Waals surface area contributed by atoms with Gasteiger partial charge in [-0.1, -0.05) is 12.2 Å². The van der Waals surface area contributed by atoms with Gasteiger partial charge in [0.05, 0.1) is 6.54 Å². The number of allylic oxidation sites excluding steroid dienone is 2. The molecule has 0 amide bonds. The van der Waals surface area contributed by atoms with E-state index in [4.69, 9.17) is 0 Å². The molecule has 4 heteroatoms. The molecule has 4 nitrogen and oxygen atoms in total.